The average Bonchev–Trinajstić information content (AvgIpc) is 3.01. The van der Waals surface area contributed by atoms with Crippen LogP contribution in [0.15, 0.2) is 30.7 Å². The van der Waals surface area contributed by atoms with Crippen LogP contribution < -0.4 is 9.80 Å². The Bertz CT molecular complexity index is 839. The van der Waals surface area contributed by atoms with Gasteiger partial charge in [0.05, 0.1) is 15.6 Å². The second-order valence-corrected chi connectivity index (χ2v) is 7.17. The number of nitrogens with zero attached hydrogens (tertiary/aromatic N) is 7. The number of aryl methyl sites for hydroxylation is 2. The molecule has 0 amide bonds. The van der Waals surface area contributed by atoms with E-state index in [1.807, 2.05) is 26.0 Å². The molecule has 0 N–H and O–H groups in total. The number of hydrogen-bond acceptors (Lipinski definition) is 8. The van der Waals surface area contributed by atoms with Gasteiger partial charge < -0.3 is 9.80 Å². The van der Waals surface area contributed by atoms with Crippen molar-refractivity contribution in [2.24, 2.45) is 0 Å². The van der Waals surface area contributed by atoms with Crippen molar-refractivity contribution in [3.8, 4) is 10.6 Å². The molecular weight excluding hydrogens is 334 g/mol. The van der Waals surface area contributed by atoms with E-state index >= 15 is 0 Å². The predicted molar refractivity (Wildman–Crippen MR) is 99.1 cm³/mol. The predicted octanol–water partition coefficient (Wildman–Crippen LogP) is 2.33. The van der Waals surface area contributed by atoms with E-state index < -0.39 is 0 Å². The third-order valence-corrected chi connectivity index (χ3v) is 5.38. The molecule has 1 saturated heterocycles. The van der Waals surface area contributed by atoms with Gasteiger partial charge in [0.2, 0.25) is 0 Å². The molecule has 4 rings (SSSR count). The molecule has 0 radical (unpaired) electrons. The second kappa shape index (κ2) is 6.72. The van der Waals surface area contributed by atoms with Gasteiger partial charge >= 0.3 is 0 Å². The first-order valence-corrected chi connectivity index (χ1v) is 9.06. The first kappa shape index (κ1) is 15.9. The largest absolute Gasteiger partial charge is 0.353 e. The smallest absolute Gasteiger partial charge is 0.151 e. The second-order valence-electron chi connectivity index (χ2n) is 5.97. The molecule has 0 spiro atoms. The van der Waals surface area contributed by atoms with Gasteiger partial charge in [-0.2, -0.15) is 0 Å². The van der Waals surface area contributed by atoms with Crippen LogP contribution in [0.4, 0.5) is 11.6 Å². The number of aromatic nitrogens is 5. The van der Waals surface area contributed by atoms with Gasteiger partial charge in [-0.05, 0) is 32.0 Å². The quantitative estimate of drug-likeness (QED) is 0.715. The fourth-order valence-electron chi connectivity index (χ4n) is 3.02. The molecule has 3 aromatic heterocycles. The molecular formula is C17H19N7S. The van der Waals surface area contributed by atoms with Crippen LogP contribution in [-0.4, -0.2) is 51.3 Å². The van der Waals surface area contributed by atoms with E-state index in [2.05, 4.69) is 41.0 Å². The summed E-state index contributed by atoms with van der Waals surface area (Å²) in [6.07, 6.45) is 3.37. The standard InChI is InChI=1S/C17H19N7S/c1-12-17(25-13(2)20-12)14-3-4-16(22-21-14)24-9-7-23(8-10-24)15-5-6-18-11-19-15/h3-6,11H,7-10H2,1-2H3. The van der Waals surface area contributed by atoms with Crippen LogP contribution in [-0.2, 0) is 0 Å². The van der Waals surface area contributed by atoms with Crippen LogP contribution >= 0.6 is 11.3 Å². The minimum absolute atomic E-state index is 0.895. The van der Waals surface area contributed by atoms with E-state index in [1.165, 1.54) is 0 Å². The topological polar surface area (TPSA) is 70.9 Å². The Kier molecular flexibility index (Phi) is 4.27. The number of thiazole rings is 1. The summed E-state index contributed by atoms with van der Waals surface area (Å²) in [6, 6.07) is 6.04. The molecule has 4 heterocycles. The number of piperazine rings is 1. The molecule has 0 atom stereocenters. The molecule has 0 aliphatic carbocycles. The van der Waals surface area contributed by atoms with Crippen molar-refractivity contribution < 1.29 is 0 Å². The normalized spacial score (nSPS) is 14.8. The van der Waals surface area contributed by atoms with Crippen molar-refractivity contribution in [2.45, 2.75) is 13.8 Å². The molecule has 0 bridgehead atoms. The van der Waals surface area contributed by atoms with Gasteiger partial charge in [-0.3, -0.25) is 0 Å². The molecule has 1 fully saturated rings. The highest BCUT2D eigenvalue weighted by atomic mass is 32.1. The Morgan fingerprint density at radius 1 is 0.920 bits per heavy atom. The van der Waals surface area contributed by atoms with Gasteiger partial charge in [0.1, 0.15) is 17.8 Å². The van der Waals surface area contributed by atoms with Crippen molar-refractivity contribution in [1.29, 1.82) is 0 Å². The number of rotatable bonds is 3. The molecule has 1 aliphatic heterocycles. The van der Waals surface area contributed by atoms with Gasteiger partial charge in [-0.15, -0.1) is 21.5 Å². The van der Waals surface area contributed by atoms with Crippen molar-refractivity contribution in [3.05, 3.63) is 41.4 Å². The fourth-order valence-corrected chi connectivity index (χ4v) is 3.90. The number of hydrogen-bond donors (Lipinski definition) is 0. The lowest BCUT2D eigenvalue weighted by Crippen LogP contribution is -2.47. The lowest BCUT2D eigenvalue weighted by Gasteiger charge is -2.35. The van der Waals surface area contributed by atoms with E-state index in [-0.39, 0.29) is 0 Å². The van der Waals surface area contributed by atoms with Crippen LogP contribution in [0.2, 0.25) is 0 Å². The molecule has 128 valence electrons. The SMILES string of the molecule is Cc1nc(C)c(-c2ccc(N3CCN(c4ccncn4)CC3)nn2)s1. The summed E-state index contributed by atoms with van der Waals surface area (Å²) in [5.74, 6) is 1.90. The summed E-state index contributed by atoms with van der Waals surface area (Å²) in [5, 5.41) is 9.91. The molecule has 8 heteroatoms. The maximum Gasteiger partial charge on any atom is 0.151 e. The molecule has 0 unspecified atom stereocenters. The van der Waals surface area contributed by atoms with Crippen LogP contribution in [0.3, 0.4) is 0 Å². The summed E-state index contributed by atoms with van der Waals surface area (Å²) in [7, 11) is 0. The van der Waals surface area contributed by atoms with Gasteiger partial charge in [0, 0.05) is 32.4 Å². The summed E-state index contributed by atoms with van der Waals surface area (Å²) in [5.41, 5.74) is 1.91. The maximum atomic E-state index is 4.46. The molecule has 0 aromatic carbocycles. The summed E-state index contributed by atoms with van der Waals surface area (Å²) in [6.45, 7) is 7.65. The van der Waals surface area contributed by atoms with Crippen LogP contribution in [0.5, 0.6) is 0 Å². The Morgan fingerprint density at radius 3 is 2.24 bits per heavy atom. The van der Waals surface area contributed by atoms with Crippen molar-refractivity contribution in [2.75, 3.05) is 36.0 Å². The zero-order valence-electron chi connectivity index (χ0n) is 14.3. The highest BCUT2D eigenvalue weighted by Crippen LogP contribution is 2.28. The molecule has 0 saturated carbocycles. The zero-order chi connectivity index (χ0) is 17.2. The third-order valence-electron chi connectivity index (χ3n) is 4.28. The van der Waals surface area contributed by atoms with Crippen LogP contribution in [0.25, 0.3) is 10.6 Å². The fraction of sp³-hybridized carbons (Fsp3) is 0.353. The Hall–Kier alpha value is -2.61. The Labute approximate surface area is 150 Å². The molecule has 1 aliphatic rings. The minimum atomic E-state index is 0.895. The van der Waals surface area contributed by atoms with E-state index in [0.29, 0.717) is 0 Å². The summed E-state index contributed by atoms with van der Waals surface area (Å²) < 4.78 is 0. The Morgan fingerprint density at radius 2 is 1.68 bits per heavy atom. The van der Waals surface area contributed by atoms with Gasteiger partial charge in [0.15, 0.2) is 5.82 Å². The highest BCUT2D eigenvalue weighted by Gasteiger charge is 2.19. The zero-order valence-corrected chi connectivity index (χ0v) is 15.1. The van der Waals surface area contributed by atoms with Gasteiger partial charge in [-0.25, -0.2) is 15.0 Å². The van der Waals surface area contributed by atoms with E-state index in [1.54, 1.807) is 23.9 Å². The van der Waals surface area contributed by atoms with Crippen LogP contribution in [0.1, 0.15) is 10.7 Å². The lowest BCUT2D eigenvalue weighted by atomic mass is 10.2. The van der Waals surface area contributed by atoms with E-state index in [9.17, 15) is 0 Å². The van der Waals surface area contributed by atoms with Crippen molar-refractivity contribution >= 4 is 23.0 Å². The number of anilines is 2. The van der Waals surface area contributed by atoms with E-state index in [0.717, 1.165) is 59.1 Å². The van der Waals surface area contributed by atoms with Gasteiger partial charge in [-0.1, -0.05) is 0 Å². The maximum absolute atomic E-state index is 4.46. The minimum Gasteiger partial charge on any atom is -0.353 e. The highest BCUT2D eigenvalue weighted by molar-refractivity contribution is 7.15. The third kappa shape index (κ3) is 3.30. The molecule has 7 nitrogen and oxygen atoms in total. The summed E-state index contributed by atoms with van der Waals surface area (Å²) in [4.78, 5) is 18.4. The van der Waals surface area contributed by atoms with Crippen LogP contribution in [0, 0.1) is 13.8 Å². The van der Waals surface area contributed by atoms with Crippen molar-refractivity contribution in [1.82, 2.24) is 25.1 Å². The Balaban J connectivity index is 1.44. The summed E-state index contributed by atoms with van der Waals surface area (Å²) >= 11 is 1.66. The molecule has 3 aromatic rings. The first-order valence-electron chi connectivity index (χ1n) is 8.25. The van der Waals surface area contributed by atoms with Crippen molar-refractivity contribution in [3.63, 3.8) is 0 Å². The van der Waals surface area contributed by atoms with E-state index in [4.69, 9.17) is 0 Å². The molecule has 25 heavy (non-hydrogen) atoms. The first-order chi connectivity index (χ1) is 12.2. The van der Waals surface area contributed by atoms with Gasteiger partial charge in [0.25, 0.3) is 0 Å². The average molecular weight is 353 g/mol. The lowest BCUT2D eigenvalue weighted by molar-refractivity contribution is 0.637. The monoisotopic (exact) mass is 353 g/mol.